The Bertz CT molecular complexity index is 3130. The van der Waals surface area contributed by atoms with Crippen molar-refractivity contribution in [2.45, 2.75) is 6.17 Å². The van der Waals surface area contributed by atoms with Crippen LogP contribution in [0.3, 0.4) is 0 Å². The molecule has 0 bridgehead atoms. The van der Waals surface area contributed by atoms with E-state index in [4.69, 9.17) is 9.98 Å². The Balaban J connectivity index is 1.12. The van der Waals surface area contributed by atoms with E-state index in [1.54, 1.807) is 0 Å². The quantitative estimate of drug-likeness (QED) is 0.173. The van der Waals surface area contributed by atoms with E-state index in [1.165, 1.54) is 27.2 Å². The van der Waals surface area contributed by atoms with Gasteiger partial charge in [-0.2, -0.15) is 0 Å². The van der Waals surface area contributed by atoms with Gasteiger partial charge in [-0.15, -0.1) is 0 Å². The van der Waals surface area contributed by atoms with E-state index < -0.39 is 6.17 Å². The standard InChI is InChI=1S/C53H36N4/c1-4-16-35(17-5-1)44-33-46(36-18-6-2-7-19-36)54-52-45(32-39-22-10-11-23-41(39)51(44)52)53-55-47(37-20-8-3-9-21-37)34-48(56-53)38-28-30-40(31-29-38)57-49-26-14-12-24-42(49)43-25-13-15-27-50(43)57/h1-34,53,55H. The predicted octanol–water partition coefficient (Wildman–Crippen LogP) is 13.0. The van der Waals surface area contributed by atoms with Gasteiger partial charge in [-0.05, 0) is 75.5 Å². The maximum Gasteiger partial charge on any atom is 0.147 e. The van der Waals surface area contributed by atoms with Gasteiger partial charge in [0.25, 0.3) is 0 Å². The first kappa shape index (κ1) is 32.8. The van der Waals surface area contributed by atoms with E-state index >= 15 is 0 Å². The third kappa shape index (κ3) is 5.70. The van der Waals surface area contributed by atoms with Crippen LogP contribution in [-0.2, 0) is 0 Å². The van der Waals surface area contributed by atoms with Crippen LogP contribution in [0.25, 0.3) is 77.2 Å². The second-order valence-electron chi connectivity index (χ2n) is 14.6. The molecule has 1 N–H and O–H groups in total. The summed E-state index contributed by atoms with van der Waals surface area (Å²) in [7, 11) is 0. The summed E-state index contributed by atoms with van der Waals surface area (Å²) in [5, 5.41) is 9.81. The number of rotatable bonds is 6. The van der Waals surface area contributed by atoms with Crippen molar-refractivity contribution in [2.75, 3.05) is 0 Å². The molecule has 8 aromatic carbocycles. The zero-order valence-corrected chi connectivity index (χ0v) is 31.0. The Morgan fingerprint density at radius 3 is 1.70 bits per heavy atom. The molecule has 0 spiro atoms. The fourth-order valence-electron chi connectivity index (χ4n) is 8.53. The molecule has 268 valence electrons. The lowest BCUT2D eigenvalue weighted by Gasteiger charge is -2.26. The van der Waals surface area contributed by atoms with E-state index in [1.807, 2.05) is 0 Å². The number of pyridine rings is 1. The summed E-state index contributed by atoms with van der Waals surface area (Å²) in [4.78, 5) is 11.0. The largest absolute Gasteiger partial charge is 0.359 e. The van der Waals surface area contributed by atoms with Gasteiger partial charge in [0.05, 0.1) is 28.0 Å². The number of aliphatic imine (C=N–C) groups is 1. The van der Waals surface area contributed by atoms with Crippen LogP contribution in [0.5, 0.6) is 0 Å². The highest BCUT2D eigenvalue weighted by molar-refractivity contribution is 6.16. The number of benzene rings is 8. The predicted molar refractivity (Wildman–Crippen MR) is 238 cm³/mol. The van der Waals surface area contributed by atoms with Crippen molar-refractivity contribution >= 4 is 54.9 Å². The maximum absolute atomic E-state index is 5.53. The molecule has 1 aliphatic heterocycles. The Labute approximate surface area is 330 Å². The van der Waals surface area contributed by atoms with Crippen LogP contribution in [0, 0.1) is 0 Å². The van der Waals surface area contributed by atoms with Gasteiger partial charge in [0.15, 0.2) is 0 Å². The molecule has 11 rings (SSSR count). The minimum atomic E-state index is -0.411. The van der Waals surface area contributed by atoms with Crippen molar-refractivity contribution in [1.82, 2.24) is 14.9 Å². The molecule has 0 saturated heterocycles. The molecule has 4 heteroatoms. The topological polar surface area (TPSA) is 42.2 Å². The number of para-hydroxylation sites is 2. The van der Waals surface area contributed by atoms with Crippen LogP contribution in [0.15, 0.2) is 211 Å². The van der Waals surface area contributed by atoms with Crippen LogP contribution in [0.4, 0.5) is 0 Å². The number of aromatic nitrogens is 2. The molecule has 0 fully saturated rings. The van der Waals surface area contributed by atoms with E-state index in [0.717, 1.165) is 72.5 Å². The van der Waals surface area contributed by atoms with Crippen molar-refractivity contribution in [3.63, 3.8) is 0 Å². The molecule has 1 aliphatic rings. The molecule has 1 atom stereocenters. The fraction of sp³-hybridized carbons (Fsp3) is 0.0189. The normalized spacial score (nSPS) is 14.1. The molecule has 1 unspecified atom stereocenters. The minimum absolute atomic E-state index is 0.411. The summed E-state index contributed by atoms with van der Waals surface area (Å²) in [6.07, 6.45) is 1.77. The van der Waals surface area contributed by atoms with Gasteiger partial charge >= 0.3 is 0 Å². The zero-order valence-electron chi connectivity index (χ0n) is 31.0. The van der Waals surface area contributed by atoms with Crippen LogP contribution in [-0.4, -0.2) is 15.3 Å². The average Bonchev–Trinajstić information content (AvgIpc) is 3.63. The van der Waals surface area contributed by atoms with Crippen LogP contribution < -0.4 is 5.32 Å². The average molecular weight is 729 g/mol. The van der Waals surface area contributed by atoms with Crippen molar-refractivity contribution in [3.8, 4) is 28.1 Å². The van der Waals surface area contributed by atoms with Gasteiger partial charge in [-0.25, -0.2) is 4.98 Å². The summed E-state index contributed by atoms with van der Waals surface area (Å²) in [5.74, 6) is 0. The summed E-state index contributed by atoms with van der Waals surface area (Å²) in [5.41, 5.74) is 13.8. The molecular weight excluding hydrogens is 693 g/mol. The molecule has 57 heavy (non-hydrogen) atoms. The van der Waals surface area contributed by atoms with Crippen molar-refractivity contribution in [1.29, 1.82) is 0 Å². The molecule has 3 heterocycles. The maximum atomic E-state index is 5.53. The summed E-state index contributed by atoms with van der Waals surface area (Å²) in [6.45, 7) is 0. The Kier molecular flexibility index (Phi) is 7.85. The van der Waals surface area contributed by atoms with Crippen molar-refractivity contribution in [2.24, 2.45) is 4.99 Å². The molecule has 0 saturated carbocycles. The highest BCUT2D eigenvalue weighted by Gasteiger charge is 2.25. The van der Waals surface area contributed by atoms with Gasteiger partial charge in [-0.3, -0.25) is 4.99 Å². The molecule has 10 aromatic rings. The van der Waals surface area contributed by atoms with Gasteiger partial charge in [0, 0.05) is 38.7 Å². The monoisotopic (exact) mass is 728 g/mol. The molecule has 0 radical (unpaired) electrons. The lowest BCUT2D eigenvalue weighted by atomic mass is 9.91. The van der Waals surface area contributed by atoms with Crippen LogP contribution >= 0.6 is 0 Å². The number of nitrogens with one attached hydrogen (secondary N) is 1. The van der Waals surface area contributed by atoms with E-state index in [0.29, 0.717) is 0 Å². The second-order valence-corrected chi connectivity index (χ2v) is 14.6. The first-order chi connectivity index (χ1) is 28.3. The molecule has 4 nitrogen and oxygen atoms in total. The molecule has 0 amide bonds. The van der Waals surface area contributed by atoms with Crippen LogP contribution in [0.2, 0.25) is 0 Å². The van der Waals surface area contributed by atoms with Gasteiger partial charge < -0.3 is 9.88 Å². The molecule has 2 aromatic heterocycles. The SMILES string of the molecule is C1=C(c2ccccc2)NC(c2cc3ccccc3c3c(-c4ccccc4)cc(-c4ccccc4)nc23)N=C1c1ccc(-n2c3ccccc3c3ccccc32)cc1. The number of nitrogens with zero attached hydrogens (tertiary/aromatic N) is 3. The summed E-state index contributed by atoms with van der Waals surface area (Å²) >= 11 is 0. The number of fused-ring (bicyclic) bond motifs is 6. The summed E-state index contributed by atoms with van der Waals surface area (Å²) < 4.78 is 2.36. The smallest absolute Gasteiger partial charge is 0.147 e. The first-order valence-electron chi connectivity index (χ1n) is 19.4. The van der Waals surface area contributed by atoms with E-state index in [-0.39, 0.29) is 0 Å². The Hall–Kier alpha value is -7.56. The first-order valence-corrected chi connectivity index (χ1v) is 19.4. The molecule has 0 aliphatic carbocycles. The van der Waals surface area contributed by atoms with Crippen molar-refractivity contribution < 1.29 is 0 Å². The van der Waals surface area contributed by atoms with E-state index in [2.05, 4.69) is 216 Å². The Morgan fingerprint density at radius 2 is 1.04 bits per heavy atom. The lowest BCUT2D eigenvalue weighted by molar-refractivity contribution is 0.669. The highest BCUT2D eigenvalue weighted by atomic mass is 15.1. The minimum Gasteiger partial charge on any atom is -0.359 e. The van der Waals surface area contributed by atoms with Gasteiger partial charge in [0.2, 0.25) is 0 Å². The van der Waals surface area contributed by atoms with Crippen molar-refractivity contribution in [3.05, 3.63) is 223 Å². The number of hydrogen-bond acceptors (Lipinski definition) is 3. The highest BCUT2D eigenvalue weighted by Crippen LogP contribution is 2.41. The van der Waals surface area contributed by atoms with Gasteiger partial charge in [-0.1, -0.05) is 164 Å². The van der Waals surface area contributed by atoms with Gasteiger partial charge in [0.1, 0.15) is 6.17 Å². The number of allylic oxidation sites excluding steroid dienone is 1. The zero-order chi connectivity index (χ0) is 37.7. The fourth-order valence-corrected chi connectivity index (χ4v) is 8.53. The lowest BCUT2D eigenvalue weighted by Crippen LogP contribution is -2.25. The third-order valence-electron chi connectivity index (χ3n) is 11.2. The number of hydrogen-bond donors (Lipinski definition) is 1. The molecular formula is C53H36N4. The second kappa shape index (κ2) is 13.6. The summed E-state index contributed by atoms with van der Waals surface area (Å²) in [6, 6.07) is 71.0. The van der Waals surface area contributed by atoms with E-state index in [9.17, 15) is 0 Å². The third-order valence-corrected chi connectivity index (χ3v) is 11.2. The van der Waals surface area contributed by atoms with Crippen LogP contribution in [0.1, 0.15) is 22.9 Å². The Morgan fingerprint density at radius 1 is 0.474 bits per heavy atom.